The largest absolute Gasteiger partial charge is 0.480 e. The number of halogens is 4. The van der Waals surface area contributed by atoms with Crippen LogP contribution >= 0.6 is 11.6 Å². The molecule has 1 aromatic carbocycles. The maximum Gasteiger partial charge on any atom is 0.409 e. The molecule has 11 heteroatoms. The van der Waals surface area contributed by atoms with Crippen molar-refractivity contribution in [1.82, 2.24) is 14.5 Å². The van der Waals surface area contributed by atoms with E-state index in [1.54, 1.807) is 0 Å². The van der Waals surface area contributed by atoms with Crippen LogP contribution in [-0.4, -0.2) is 43.3 Å². The third kappa shape index (κ3) is 4.20. The number of methoxy groups -OCH3 is 1. The van der Waals surface area contributed by atoms with Crippen LogP contribution in [0.5, 0.6) is 5.88 Å². The van der Waals surface area contributed by atoms with E-state index in [4.69, 9.17) is 16.3 Å². The number of ether oxygens (including phenoxy) is 1. The highest BCUT2D eigenvalue weighted by molar-refractivity contribution is 7.89. The summed E-state index contributed by atoms with van der Waals surface area (Å²) in [5.74, 6) is 0.0340. The first-order valence-corrected chi connectivity index (χ1v) is 8.57. The van der Waals surface area contributed by atoms with Gasteiger partial charge in [0.1, 0.15) is 6.04 Å². The molecular formula is C14H13ClF3N3O3S. The molecule has 1 atom stereocenters. The molecule has 2 rings (SSSR count). The standard InChI is InChI=1S/C14H13ClF3N3O3S/c1-21(25(22,23)12-8-7-11(24-2)19-20-12)13(14(16,17)18)9-3-5-10(15)6-4-9/h3-8,13H,1-2H3/t13-/m1/s1. The van der Waals surface area contributed by atoms with Crippen molar-refractivity contribution in [3.05, 3.63) is 47.0 Å². The number of hydrogen-bond acceptors (Lipinski definition) is 5. The zero-order valence-electron chi connectivity index (χ0n) is 13.0. The summed E-state index contributed by atoms with van der Waals surface area (Å²) in [6.07, 6.45) is -4.85. The van der Waals surface area contributed by atoms with Crippen LogP contribution in [0.2, 0.25) is 5.02 Å². The van der Waals surface area contributed by atoms with Crippen molar-refractivity contribution in [1.29, 1.82) is 0 Å². The lowest BCUT2D eigenvalue weighted by Gasteiger charge is -2.29. The van der Waals surface area contributed by atoms with E-state index in [1.165, 1.54) is 25.3 Å². The second-order valence-electron chi connectivity index (χ2n) is 4.93. The van der Waals surface area contributed by atoms with E-state index in [0.717, 1.165) is 25.2 Å². The van der Waals surface area contributed by atoms with Crippen molar-refractivity contribution in [2.75, 3.05) is 14.2 Å². The lowest BCUT2D eigenvalue weighted by atomic mass is 10.1. The van der Waals surface area contributed by atoms with Gasteiger partial charge in [-0.1, -0.05) is 23.7 Å². The fourth-order valence-corrected chi connectivity index (χ4v) is 3.41. The molecule has 0 aliphatic heterocycles. The van der Waals surface area contributed by atoms with Gasteiger partial charge in [0.15, 0.2) is 5.03 Å². The van der Waals surface area contributed by atoms with Crippen LogP contribution in [-0.2, 0) is 10.0 Å². The zero-order chi connectivity index (χ0) is 18.8. The number of hydrogen-bond donors (Lipinski definition) is 0. The van der Waals surface area contributed by atoms with Crippen molar-refractivity contribution in [2.24, 2.45) is 0 Å². The highest BCUT2D eigenvalue weighted by Gasteiger charge is 2.48. The predicted octanol–water partition coefficient (Wildman–Crippen LogP) is 3.06. The summed E-state index contributed by atoms with van der Waals surface area (Å²) < 4.78 is 70.6. The maximum atomic E-state index is 13.5. The minimum Gasteiger partial charge on any atom is -0.480 e. The summed E-state index contributed by atoms with van der Waals surface area (Å²) in [4.78, 5) is 0. The van der Waals surface area contributed by atoms with E-state index < -0.39 is 27.3 Å². The van der Waals surface area contributed by atoms with Crippen LogP contribution in [0.3, 0.4) is 0 Å². The molecule has 0 aliphatic carbocycles. The van der Waals surface area contributed by atoms with E-state index in [2.05, 4.69) is 10.2 Å². The van der Waals surface area contributed by atoms with Crippen molar-refractivity contribution >= 4 is 21.6 Å². The first-order chi connectivity index (χ1) is 11.6. The molecular weight excluding hydrogens is 383 g/mol. The van der Waals surface area contributed by atoms with E-state index in [9.17, 15) is 21.6 Å². The summed E-state index contributed by atoms with van der Waals surface area (Å²) in [7, 11) is -2.43. The fourth-order valence-electron chi connectivity index (χ4n) is 2.09. The Morgan fingerprint density at radius 3 is 2.16 bits per heavy atom. The Labute approximate surface area is 147 Å². The molecule has 0 amide bonds. The number of nitrogens with zero attached hydrogens (tertiary/aromatic N) is 3. The molecule has 0 spiro atoms. The third-order valence-electron chi connectivity index (χ3n) is 3.33. The lowest BCUT2D eigenvalue weighted by Crippen LogP contribution is -2.40. The van der Waals surface area contributed by atoms with Gasteiger partial charge in [0, 0.05) is 18.1 Å². The summed E-state index contributed by atoms with van der Waals surface area (Å²) in [6.45, 7) is 0. The van der Waals surface area contributed by atoms with Gasteiger partial charge >= 0.3 is 6.18 Å². The Morgan fingerprint density at radius 1 is 1.12 bits per heavy atom. The van der Waals surface area contributed by atoms with Gasteiger partial charge in [0.25, 0.3) is 10.0 Å². The van der Waals surface area contributed by atoms with Gasteiger partial charge in [-0.15, -0.1) is 10.2 Å². The third-order valence-corrected chi connectivity index (χ3v) is 5.29. The van der Waals surface area contributed by atoms with E-state index in [-0.39, 0.29) is 20.8 Å². The average molecular weight is 396 g/mol. The number of alkyl halides is 3. The summed E-state index contributed by atoms with van der Waals surface area (Å²) >= 11 is 5.68. The van der Waals surface area contributed by atoms with Crippen LogP contribution in [0, 0.1) is 0 Å². The first kappa shape index (κ1) is 19.4. The Hall–Kier alpha value is -1.91. The average Bonchev–Trinajstić information content (AvgIpc) is 2.55. The summed E-state index contributed by atoms with van der Waals surface area (Å²) in [5, 5.41) is 6.50. The van der Waals surface area contributed by atoms with Crippen LogP contribution < -0.4 is 4.74 Å². The maximum absolute atomic E-state index is 13.5. The van der Waals surface area contributed by atoms with Crippen LogP contribution in [0.1, 0.15) is 11.6 Å². The Kier molecular flexibility index (Phi) is 5.55. The van der Waals surface area contributed by atoms with Crippen molar-refractivity contribution in [3.8, 4) is 5.88 Å². The Bertz CT molecular complexity index is 827. The molecule has 25 heavy (non-hydrogen) atoms. The van der Waals surface area contributed by atoms with Crippen molar-refractivity contribution < 1.29 is 26.3 Å². The lowest BCUT2D eigenvalue weighted by molar-refractivity contribution is -0.171. The molecule has 0 unspecified atom stereocenters. The van der Waals surface area contributed by atoms with Gasteiger partial charge in [0.2, 0.25) is 5.88 Å². The van der Waals surface area contributed by atoms with Crippen molar-refractivity contribution in [3.63, 3.8) is 0 Å². The van der Waals surface area contributed by atoms with Gasteiger partial charge in [-0.05, 0) is 23.8 Å². The smallest absolute Gasteiger partial charge is 0.409 e. The minimum atomic E-state index is -4.85. The molecule has 0 radical (unpaired) electrons. The molecule has 6 nitrogen and oxygen atoms in total. The quantitative estimate of drug-likeness (QED) is 0.778. The molecule has 1 aromatic heterocycles. The van der Waals surface area contributed by atoms with Crippen LogP contribution in [0.15, 0.2) is 41.4 Å². The SMILES string of the molecule is COc1ccc(S(=O)(=O)N(C)[C@H](c2ccc(Cl)cc2)C(F)(F)F)nn1. The molecule has 0 N–H and O–H groups in total. The molecule has 1 heterocycles. The molecule has 136 valence electrons. The molecule has 0 saturated heterocycles. The molecule has 0 saturated carbocycles. The van der Waals surface area contributed by atoms with Gasteiger partial charge in [-0.3, -0.25) is 0 Å². The highest BCUT2D eigenvalue weighted by Crippen LogP contribution is 2.39. The van der Waals surface area contributed by atoms with Gasteiger partial charge in [-0.2, -0.15) is 17.5 Å². The monoisotopic (exact) mass is 395 g/mol. The van der Waals surface area contributed by atoms with Crippen molar-refractivity contribution in [2.45, 2.75) is 17.2 Å². The van der Waals surface area contributed by atoms with Gasteiger partial charge in [0.05, 0.1) is 7.11 Å². The summed E-state index contributed by atoms with van der Waals surface area (Å²) in [5.41, 5.74) is -0.274. The minimum absolute atomic E-state index is 0.0340. The normalized spacial score (nSPS) is 13.7. The first-order valence-electron chi connectivity index (χ1n) is 6.75. The van der Waals surface area contributed by atoms with Crippen LogP contribution in [0.4, 0.5) is 13.2 Å². The molecule has 2 aromatic rings. The second kappa shape index (κ2) is 7.14. The number of aromatic nitrogens is 2. The molecule has 0 bridgehead atoms. The Balaban J connectivity index is 2.47. The van der Waals surface area contributed by atoms with E-state index >= 15 is 0 Å². The van der Waals surface area contributed by atoms with E-state index in [1.807, 2.05) is 0 Å². The predicted molar refractivity (Wildman–Crippen MR) is 83.8 cm³/mol. The summed E-state index contributed by atoms with van der Waals surface area (Å²) in [6, 6.07) is 4.55. The second-order valence-corrected chi connectivity index (χ2v) is 7.31. The van der Waals surface area contributed by atoms with Gasteiger partial charge < -0.3 is 4.74 Å². The highest BCUT2D eigenvalue weighted by atomic mass is 35.5. The molecule has 0 fully saturated rings. The Morgan fingerprint density at radius 2 is 1.72 bits per heavy atom. The van der Waals surface area contributed by atoms with Gasteiger partial charge in [-0.25, -0.2) is 8.42 Å². The number of sulfonamides is 1. The topological polar surface area (TPSA) is 72.4 Å². The number of benzene rings is 1. The van der Waals surface area contributed by atoms with Crippen LogP contribution in [0.25, 0.3) is 0 Å². The molecule has 0 aliphatic rings. The zero-order valence-corrected chi connectivity index (χ0v) is 14.6. The fraction of sp³-hybridized carbons (Fsp3) is 0.286. The number of rotatable bonds is 5. The van der Waals surface area contributed by atoms with E-state index in [0.29, 0.717) is 0 Å².